The summed E-state index contributed by atoms with van der Waals surface area (Å²) in [6, 6.07) is -1.89. The van der Waals surface area contributed by atoms with Crippen molar-refractivity contribution < 1.29 is 24.3 Å². The Morgan fingerprint density at radius 3 is 2.43 bits per heavy atom. The summed E-state index contributed by atoms with van der Waals surface area (Å²) in [5.74, 6) is -2.26. The van der Waals surface area contributed by atoms with Crippen LogP contribution in [0.1, 0.15) is 46.0 Å². The average Bonchev–Trinajstić information content (AvgIpc) is 2.48. The zero-order chi connectivity index (χ0) is 17.4. The topological polar surface area (TPSA) is 125 Å². The van der Waals surface area contributed by atoms with Crippen LogP contribution in [-0.2, 0) is 14.4 Å². The fourth-order valence-corrected chi connectivity index (χ4v) is 2.47. The number of carboxylic acid groups (broad SMARTS) is 1. The van der Waals surface area contributed by atoms with Gasteiger partial charge in [0.25, 0.3) is 5.91 Å². The van der Waals surface area contributed by atoms with E-state index in [9.17, 15) is 19.2 Å². The van der Waals surface area contributed by atoms with Crippen molar-refractivity contribution in [2.24, 2.45) is 5.92 Å². The van der Waals surface area contributed by atoms with Crippen molar-refractivity contribution in [3.63, 3.8) is 0 Å². The number of Topliss-reactive ketones (excluding diaryl/α,β-unsaturated/α-hetero) is 1. The van der Waals surface area contributed by atoms with Gasteiger partial charge in [-0.2, -0.15) is 0 Å². The Labute approximate surface area is 135 Å². The number of nitrogens with one attached hydrogen (secondary N) is 3. The SMILES string of the molecule is CC(C)C(NC(=O)O)C(=O)NC1CCCCCCNC(=O)C1=O. The molecule has 0 aromatic rings. The van der Waals surface area contributed by atoms with Gasteiger partial charge in [-0.25, -0.2) is 4.79 Å². The molecule has 1 aliphatic rings. The average molecular weight is 327 g/mol. The molecule has 2 unspecified atom stereocenters. The highest BCUT2D eigenvalue weighted by Gasteiger charge is 2.31. The van der Waals surface area contributed by atoms with E-state index in [1.165, 1.54) is 0 Å². The van der Waals surface area contributed by atoms with Gasteiger partial charge >= 0.3 is 6.09 Å². The summed E-state index contributed by atoms with van der Waals surface area (Å²) in [6.07, 6.45) is 2.47. The van der Waals surface area contributed by atoms with Crippen LogP contribution in [0.5, 0.6) is 0 Å². The first-order chi connectivity index (χ1) is 10.8. The molecule has 0 aromatic heterocycles. The molecular weight excluding hydrogens is 302 g/mol. The van der Waals surface area contributed by atoms with Gasteiger partial charge in [-0.05, 0) is 18.8 Å². The fourth-order valence-electron chi connectivity index (χ4n) is 2.47. The van der Waals surface area contributed by atoms with Crippen molar-refractivity contribution >= 4 is 23.7 Å². The number of carbonyl (C=O) groups excluding carboxylic acids is 3. The van der Waals surface area contributed by atoms with E-state index in [0.29, 0.717) is 13.0 Å². The van der Waals surface area contributed by atoms with Gasteiger partial charge in [0.15, 0.2) is 0 Å². The fraction of sp³-hybridized carbons (Fsp3) is 0.733. The highest BCUT2D eigenvalue weighted by Crippen LogP contribution is 2.10. The van der Waals surface area contributed by atoms with Crippen LogP contribution in [0, 0.1) is 5.92 Å². The monoisotopic (exact) mass is 327 g/mol. The summed E-state index contributed by atoms with van der Waals surface area (Å²) in [6.45, 7) is 3.84. The highest BCUT2D eigenvalue weighted by atomic mass is 16.4. The number of hydrogen-bond acceptors (Lipinski definition) is 4. The number of rotatable bonds is 4. The molecule has 2 atom stereocenters. The molecule has 1 aliphatic heterocycles. The van der Waals surface area contributed by atoms with Crippen LogP contribution >= 0.6 is 0 Å². The van der Waals surface area contributed by atoms with E-state index in [2.05, 4.69) is 16.0 Å². The Morgan fingerprint density at radius 2 is 1.83 bits per heavy atom. The first-order valence-corrected chi connectivity index (χ1v) is 7.94. The Hall–Kier alpha value is -2.12. The molecule has 8 heteroatoms. The van der Waals surface area contributed by atoms with Gasteiger partial charge in [-0.3, -0.25) is 14.4 Å². The van der Waals surface area contributed by atoms with Gasteiger partial charge in [-0.15, -0.1) is 0 Å². The molecule has 0 aliphatic carbocycles. The van der Waals surface area contributed by atoms with Crippen molar-refractivity contribution in [2.75, 3.05) is 6.54 Å². The molecule has 1 saturated heterocycles. The van der Waals surface area contributed by atoms with Crippen molar-refractivity contribution in [1.82, 2.24) is 16.0 Å². The molecular formula is C15H25N3O5. The smallest absolute Gasteiger partial charge is 0.405 e. The van der Waals surface area contributed by atoms with Gasteiger partial charge in [0.05, 0.1) is 6.04 Å². The van der Waals surface area contributed by atoms with E-state index in [1.54, 1.807) is 13.8 Å². The van der Waals surface area contributed by atoms with Crippen LogP contribution < -0.4 is 16.0 Å². The molecule has 3 amide bonds. The van der Waals surface area contributed by atoms with Crippen LogP contribution in [0.25, 0.3) is 0 Å². The van der Waals surface area contributed by atoms with E-state index in [1.807, 2.05) is 0 Å². The number of hydrogen-bond donors (Lipinski definition) is 4. The lowest BCUT2D eigenvalue weighted by Crippen LogP contribution is -2.55. The third-order valence-electron chi connectivity index (χ3n) is 3.79. The first-order valence-electron chi connectivity index (χ1n) is 7.94. The van der Waals surface area contributed by atoms with Crippen LogP contribution in [0.3, 0.4) is 0 Å². The Balaban J connectivity index is 2.78. The van der Waals surface area contributed by atoms with E-state index >= 15 is 0 Å². The molecule has 0 saturated carbocycles. The molecule has 0 radical (unpaired) electrons. The predicted molar refractivity (Wildman–Crippen MR) is 82.8 cm³/mol. The first kappa shape index (κ1) is 18.9. The summed E-state index contributed by atoms with van der Waals surface area (Å²) in [7, 11) is 0. The second-order valence-electron chi connectivity index (χ2n) is 6.06. The Bertz CT molecular complexity index is 464. The second-order valence-corrected chi connectivity index (χ2v) is 6.06. The summed E-state index contributed by atoms with van der Waals surface area (Å²) < 4.78 is 0. The maximum absolute atomic E-state index is 12.3. The molecule has 1 rings (SSSR count). The molecule has 8 nitrogen and oxygen atoms in total. The minimum absolute atomic E-state index is 0.283. The zero-order valence-electron chi connectivity index (χ0n) is 13.6. The van der Waals surface area contributed by atoms with Crippen molar-refractivity contribution in [2.45, 2.75) is 58.0 Å². The van der Waals surface area contributed by atoms with Crippen LogP contribution in [0.2, 0.25) is 0 Å². The van der Waals surface area contributed by atoms with E-state index < -0.39 is 35.8 Å². The third kappa shape index (κ3) is 6.25. The second kappa shape index (κ2) is 9.12. The summed E-state index contributed by atoms with van der Waals surface area (Å²) in [5, 5.41) is 16.0. The maximum Gasteiger partial charge on any atom is 0.405 e. The van der Waals surface area contributed by atoms with E-state index in [4.69, 9.17) is 5.11 Å². The van der Waals surface area contributed by atoms with Crippen molar-refractivity contribution in [1.29, 1.82) is 0 Å². The lowest BCUT2D eigenvalue weighted by molar-refractivity contribution is -0.140. The van der Waals surface area contributed by atoms with Crippen LogP contribution in [0.4, 0.5) is 4.79 Å². The Kier molecular flexibility index (Phi) is 7.50. The van der Waals surface area contributed by atoms with Crippen molar-refractivity contribution in [3.8, 4) is 0 Å². The van der Waals surface area contributed by atoms with E-state index in [0.717, 1.165) is 25.7 Å². The molecule has 1 fully saturated rings. The van der Waals surface area contributed by atoms with Gasteiger partial charge < -0.3 is 21.1 Å². The zero-order valence-corrected chi connectivity index (χ0v) is 13.6. The molecule has 1 heterocycles. The quantitative estimate of drug-likeness (QED) is 0.557. The lowest BCUT2D eigenvalue weighted by Gasteiger charge is -2.24. The van der Waals surface area contributed by atoms with Gasteiger partial charge in [-0.1, -0.05) is 33.1 Å². The molecule has 130 valence electrons. The minimum Gasteiger partial charge on any atom is -0.465 e. The number of amides is 3. The lowest BCUT2D eigenvalue weighted by atomic mass is 9.99. The standard InChI is InChI=1S/C15H25N3O5/c1-9(2)11(18-15(22)23)13(20)17-10-7-5-3-4-6-8-16-14(21)12(10)19/h9-11,18H,3-8H2,1-2H3,(H,16,21)(H,17,20)(H,22,23). The highest BCUT2D eigenvalue weighted by molar-refractivity contribution is 6.38. The van der Waals surface area contributed by atoms with Crippen molar-refractivity contribution in [3.05, 3.63) is 0 Å². The van der Waals surface area contributed by atoms with Gasteiger partial charge in [0.1, 0.15) is 6.04 Å². The van der Waals surface area contributed by atoms with Crippen LogP contribution in [0.15, 0.2) is 0 Å². The molecule has 23 heavy (non-hydrogen) atoms. The molecule has 0 bridgehead atoms. The normalized spacial score (nSPS) is 21.3. The third-order valence-corrected chi connectivity index (χ3v) is 3.79. The number of carbonyl (C=O) groups is 4. The van der Waals surface area contributed by atoms with Gasteiger partial charge in [0.2, 0.25) is 11.7 Å². The Morgan fingerprint density at radius 1 is 1.17 bits per heavy atom. The summed E-state index contributed by atoms with van der Waals surface area (Å²) in [5.41, 5.74) is 0. The van der Waals surface area contributed by atoms with Crippen LogP contribution in [-0.4, -0.2) is 47.4 Å². The summed E-state index contributed by atoms with van der Waals surface area (Å²) >= 11 is 0. The van der Waals surface area contributed by atoms with Gasteiger partial charge in [0, 0.05) is 6.54 Å². The molecule has 4 N–H and O–H groups in total. The number of ketones is 1. The largest absolute Gasteiger partial charge is 0.465 e. The maximum atomic E-state index is 12.3. The summed E-state index contributed by atoms with van der Waals surface area (Å²) in [4.78, 5) is 47.0. The molecule has 0 spiro atoms. The minimum atomic E-state index is -1.31. The predicted octanol–water partition coefficient (Wildman–Crippen LogP) is 0.413. The van der Waals surface area contributed by atoms with E-state index in [-0.39, 0.29) is 5.92 Å². The molecule has 0 aromatic carbocycles.